The first-order valence-corrected chi connectivity index (χ1v) is 16.8. The molecule has 0 bridgehead atoms. The Morgan fingerprint density at radius 1 is 1.02 bits per heavy atom. The molecule has 3 aromatic rings. The smallest absolute Gasteiger partial charge is 0.341 e. The topological polar surface area (TPSA) is 124 Å². The largest absolute Gasteiger partial charge is 0.497 e. The van der Waals surface area contributed by atoms with Crippen molar-refractivity contribution in [2.45, 2.75) is 88.9 Å². The van der Waals surface area contributed by atoms with Crippen LogP contribution in [0.3, 0.4) is 0 Å². The van der Waals surface area contributed by atoms with Gasteiger partial charge < -0.3 is 24.7 Å². The zero-order chi connectivity index (χ0) is 30.2. The van der Waals surface area contributed by atoms with Gasteiger partial charge in [-0.3, -0.25) is 9.59 Å². The predicted molar refractivity (Wildman–Crippen MR) is 167 cm³/mol. The lowest BCUT2D eigenvalue weighted by molar-refractivity contribution is -0.120. The lowest BCUT2D eigenvalue weighted by atomic mass is 9.95. The van der Waals surface area contributed by atoms with E-state index in [1.54, 1.807) is 14.0 Å². The highest BCUT2D eigenvalue weighted by atomic mass is 32.2. The molecule has 1 aromatic carbocycles. The molecular weight excluding hydrogens is 587 g/mol. The molecule has 2 heterocycles. The Labute approximate surface area is 260 Å². The second-order valence-electron chi connectivity index (χ2n) is 10.8. The van der Waals surface area contributed by atoms with Crippen molar-refractivity contribution in [3.05, 3.63) is 51.7 Å². The van der Waals surface area contributed by atoms with Crippen LogP contribution < -0.4 is 15.4 Å². The molecule has 0 aliphatic heterocycles. The predicted octanol–water partition coefficient (Wildman–Crippen LogP) is 5.50. The molecule has 12 heteroatoms. The summed E-state index contributed by atoms with van der Waals surface area (Å²) in [4.78, 5) is 39.8. The number of anilines is 1. The summed E-state index contributed by atoms with van der Waals surface area (Å²) in [6.07, 6.45) is 9.57. The summed E-state index contributed by atoms with van der Waals surface area (Å²) < 4.78 is 12.6. The summed E-state index contributed by atoms with van der Waals surface area (Å²) in [6, 6.07) is 7.66. The minimum Gasteiger partial charge on any atom is -0.497 e. The van der Waals surface area contributed by atoms with Crippen molar-refractivity contribution in [1.82, 2.24) is 20.1 Å². The number of carbonyl (C=O) groups excluding carboxylic acids is 3. The minimum atomic E-state index is -0.374. The average Bonchev–Trinajstić information content (AvgIpc) is 3.60. The van der Waals surface area contributed by atoms with Gasteiger partial charge in [-0.05, 0) is 68.7 Å². The van der Waals surface area contributed by atoms with E-state index in [9.17, 15) is 14.4 Å². The number of thiophene rings is 1. The third-order valence-corrected chi connectivity index (χ3v) is 10.0. The number of ether oxygens (including phenoxy) is 2. The first-order chi connectivity index (χ1) is 21.0. The van der Waals surface area contributed by atoms with Crippen LogP contribution in [0.15, 0.2) is 29.4 Å². The van der Waals surface area contributed by atoms with Crippen LogP contribution in [0.2, 0.25) is 0 Å². The van der Waals surface area contributed by atoms with E-state index in [1.165, 1.54) is 29.5 Å². The van der Waals surface area contributed by atoms with E-state index in [0.29, 0.717) is 21.5 Å². The Kier molecular flexibility index (Phi) is 10.7. The van der Waals surface area contributed by atoms with Gasteiger partial charge in [0.2, 0.25) is 11.8 Å². The second kappa shape index (κ2) is 14.9. The lowest BCUT2D eigenvalue weighted by Crippen LogP contribution is -2.27. The number of hydrogen-bond acceptors (Lipinski definition) is 9. The highest BCUT2D eigenvalue weighted by Crippen LogP contribution is 2.39. The minimum absolute atomic E-state index is 0.104. The molecule has 2 aliphatic rings. The molecule has 5 rings (SSSR count). The van der Waals surface area contributed by atoms with E-state index in [-0.39, 0.29) is 49.2 Å². The van der Waals surface area contributed by atoms with E-state index < -0.39 is 0 Å². The molecule has 10 nitrogen and oxygen atoms in total. The fourth-order valence-electron chi connectivity index (χ4n) is 5.77. The Hall–Kier alpha value is -3.38. The normalized spacial score (nSPS) is 15.0. The number of aromatic nitrogens is 3. The molecular formula is C31H39N5O5S2. The number of benzene rings is 1. The highest BCUT2D eigenvalue weighted by Gasteiger charge is 2.28. The van der Waals surface area contributed by atoms with Gasteiger partial charge in [-0.15, -0.1) is 21.5 Å². The third kappa shape index (κ3) is 7.77. The van der Waals surface area contributed by atoms with Gasteiger partial charge >= 0.3 is 5.97 Å². The van der Waals surface area contributed by atoms with Crippen molar-refractivity contribution in [2.75, 3.05) is 24.8 Å². The van der Waals surface area contributed by atoms with Crippen LogP contribution in [0.4, 0.5) is 5.00 Å². The SMILES string of the molecule is CCOC(=O)c1c(NC(=O)CSc2nnc(CNC(=O)Cc3ccc(OC)cc3)n2C2CCCCC2)sc2c1CCCC2. The fraction of sp³-hybridized carbons (Fsp3) is 0.516. The van der Waals surface area contributed by atoms with Gasteiger partial charge in [-0.2, -0.15) is 0 Å². The van der Waals surface area contributed by atoms with Crippen molar-refractivity contribution in [3.63, 3.8) is 0 Å². The van der Waals surface area contributed by atoms with Crippen molar-refractivity contribution >= 4 is 45.9 Å². The number of aryl methyl sites for hydroxylation is 1. The number of esters is 1. The molecule has 0 unspecified atom stereocenters. The van der Waals surface area contributed by atoms with Crippen LogP contribution in [0.5, 0.6) is 5.75 Å². The number of amides is 2. The molecule has 2 aromatic heterocycles. The molecule has 2 amide bonds. The summed E-state index contributed by atoms with van der Waals surface area (Å²) >= 11 is 2.82. The molecule has 0 saturated heterocycles. The average molecular weight is 626 g/mol. The molecule has 43 heavy (non-hydrogen) atoms. The quantitative estimate of drug-likeness (QED) is 0.200. The van der Waals surface area contributed by atoms with Crippen LogP contribution in [0.25, 0.3) is 0 Å². The Balaban J connectivity index is 1.25. The highest BCUT2D eigenvalue weighted by molar-refractivity contribution is 7.99. The first kappa shape index (κ1) is 31.1. The number of fused-ring (bicyclic) bond motifs is 1. The Bertz CT molecular complexity index is 1430. The summed E-state index contributed by atoms with van der Waals surface area (Å²) in [5.74, 6) is 0.876. The molecule has 2 aliphatic carbocycles. The third-order valence-electron chi connectivity index (χ3n) is 7.88. The zero-order valence-electron chi connectivity index (χ0n) is 24.8. The molecule has 0 spiro atoms. The maximum absolute atomic E-state index is 13.2. The summed E-state index contributed by atoms with van der Waals surface area (Å²) in [7, 11) is 1.61. The van der Waals surface area contributed by atoms with Crippen molar-refractivity contribution in [3.8, 4) is 5.75 Å². The van der Waals surface area contributed by atoms with Gasteiger partial charge in [-0.1, -0.05) is 43.2 Å². The van der Waals surface area contributed by atoms with Crippen LogP contribution in [0.1, 0.15) is 90.1 Å². The van der Waals surface area contributed by atoms with Crippen molar-refractivity contribution in [2.24, 2.45) is 0 Å². The summed E-state index contributed by atoms with van der Waals surface area (Å²) in [6.45, 7) is 2.33. The van der Waals surface area contributed by atoms with Gasteiger partial charge in [0.05, 0.1) is 38.0 Å². The van der Waals surface area contributed by atoms with Gasteiger partial charge in [0.25, 0.3) is 0 Å². The Morgan fingerprint density at radius 2 is 1.79 bits per heavy atom. The van der Waals surface area contributed by atoms with Crippen LogP contribution >= 0.6 is 23.1 Å². The summed E-state index contributed by atoms with van der Waals surface area (Å²) in [5.41, 5.74) is 2.43. The number of carbonyl (C=O) groups is 3. The van der Waals surface area contributed by atoms with Gasteiger partial charge in [0.15, 0.2) is 11.0 Å². The van der Waals surface area contributed by atoms with E-state index in [4.69, 9.17) is 9.47 Å². The number of methoxy groups -OCH3 is 1. The van der Waals surface area contributed by atoms with E-state index in [2.05, 4.69) is 25.4 Å². The second-order valence-corrected chi connectivity index (χ2v) is 12.9. The standard InChI is InChI=1S/C31H39N5O5S2/c1-3-41-30(39)28-23-11-7-8-12-24(23)43-29(28)33-27(38)19-42-31-35-34-25(36(31)21-9-5-4-6-10-21)18-32-26(37)17-20-13-15-22(40-2)16-14-20/h13-16,21H,3-12,17-19H2,1-2H3,(H,32,37)(H,33,38). The van der Waals surface area contributed by atoms with Gasteiger partial charge in [-0.25, -0.2) is 4.79 Å². The van der Waals surface area contributed by atoms with E-state index >= 15 is 0 Å². The number of nitrogens with one attached hydrogen (secondary N) is 2. The van der Waals surface area contributed by atoms with E-state index in [1.807, 2.05) is 24.3 Å². The Morgan fingerprint density at radius 3 is 2.53 bits per heavy atom. The fourth-order valence-corrected chi connectivity index (χ4v) is 7.89. The molecule has 2 N–H and O–H groups in total. The van der Waals surface area contributed by atoms with Crippen LogP contribution in [-0.4, -0.2) is 52.0 Å². The van der Waals surface area contributed by atoms with Gasteiger partial charge in [0, 0.05) is 10.9 Å². The number of thioether (sulfide) groups is 1. The maximum atomic E-state index is 13.2. The van der Waals surface area contributed by atoms with Crippen molar-refractivity contribution in [1.29, 1.82) is 0 Å². The molecule has 1 saturated carbocycles. The molecule has 230 valence electrons. The zero-order valence-corrected chi connectivity index (χ0v) is 26.4. The molecule has 0 atom stereocenters. The number of nitrogens with zero attached hydrogens (tertiary/aromatic N) is 3. The monoisotopic (exact) mass is 625 g/mol. The van der Waals surface area contributed by atoms with Gasteiger partial charge in [0.1, 0.15) is 10.8 Å². The molecule has 1 fully saturated rings. The molecule has 0 radical (unpaired) electrons. The number of rotatable bonds is 12. The first-order valence-electron chi connectivity index (χ1n) is 15.0. The number of hydrogen-bond donors (Lipinski definition) is 2. The van der Waals surface area contributed by atoms with Crippen molar-refractivity contribution < 1.29 is 23.9 Å². The van der Waals surface area contributed by atoms with E-state index in [0.717, 1.165) is 73.1 Å². The maximum Gasteiger partial charge on any atom is 0.341 e. The van der Waals surface area contributed by atoms with Crippen LogP contribution in [-0.2, 0) is 40.1 Å². The lowest BCUT2D eigenvalue weighted by Gasteiger charge is -2.25. The summed E-state index contributed by atoms with van der Waals surface area (Å²) in [5, 5.41) is 16.1. The van der Waals surface area contributed by atoms with Crippen LogP contribution in [0, 0.1) is 0 Å².